The number of aromatic nitrogens is 10. The third-order valence-electron chi connectivity index (χ3n) is 9.75. The minimum atomic E-state index is -0.415. The first kappa shape index (κ1) is 52.7. The number of ether oxygens (including phenoxy) is 1. The van der Waals surface area contributed by atoms with Crippen molar-refractivity contribution in [3.8, 4) is 44.8 Å². The van der Waals surface area contributed by atoms with Crippen LogP contribution in [0.25, 0.3) is 56.1 Å². The molecular formula is C49H54Cl5N13O2. The van der Waals surface area contributed by atoms with Crippen LogP contribution in [0, 0.1) is 5.41 Å². The maximum Gasteiger partial charge on any atom is 0.407 e. The molecule has 0 saturated carbocycles. The van der Waals surface area contributed by atoms with Crippen LogP contribution in [0.3, 0.4) is 0 Å². The number of amides is 1. The molecule has 0 radical (unpaired) electrons. The summed E-state index contributed by atoms with van der Waals surface area (Å²) in [6.45, 7) is 21.6. The van der Waals surface area contributed by atoms with Gasteiger partial charge in [-0.15, -0.1) is 20.4 Å². The molecule has 0 atom stereocenters. The normalized spacial score (nSPS) is 11.8. The van der Waals surface area contributed by atoms with Crippen molar-refractivity contribution >= 4 is 81.3 Å². The molecule has 6 heterocycles. The summed E-state index contributed by atoms with van der Waals surface area (Å²) >= 11 is 31.0. The van der Waals surface area contributed by atoms with E-state index in [1.165, 1.54) is 6.33 Å². The van der Waals surface area contributed by atoms with Gasteiger partial charge in [-0.1, -0.05) is 93.2 Å². The van der Waals surface area contributed by atoms with Gasteiger partial charge >= 0.3 is 6.09 Å². The summed E-state index contributed by atoms with van der Waals surface area (Å²) in [5, 5.41) is 28.6. The van der Waals surface area contributed by atoms with Crippen molar-refractivity contribution in [2.45, 2.75) is 86.4 Å². The van der Waals surface area contributed by atoms with Crippen LogP contribution in [0.1, 0.15) is 69.2 Å². The van der Waals surface area contributed by atoms with Gasteiger partial charge in [0.1, 0.15) is 18.3 Å². The average Bonchev–Trinajstić information content (AvgIpc) is 3.99. The molecule has 8 aromatic rings. The second-order valence-corrected chi connectivity index (χ2v) is 21.0. The number of fused-ring (bicyclic) bond motifs is 2. The first-order chi connectivity index (χ1) is 32.5. The van der Waals surface area contributed by atoms with Crippen LogP contribution in [0.2, 0.25) is 25.4 Å². The Morgan fingerprint density at radius 3 is 1.57 bits per heavy atom. The van der Waals surface area contributed by atoms with Crippen molar-refractivity contribution in [3.63, 3.8) is 0 Å². The number of halogens is 5. The highest BCUT2D eigenvalue weighted by molar-refractivity contribution is 6.42. The van der Waals surface area contributed by atoms with Crippen LogP contribution in [0.15, 0.2) is 98.1 Å². The lowest BCUT2D eigenvalue weighted by Gasteiger charge is -2.29. The Bertz CT molecular complexity index is 3020. The lowest BCUT2D eigenvalue weighted by Crippen LogP contribution is -2.44. The van der Waals surface area contributed by atoms with E-state index in [1.54, 1.807) is 53.7 Å². The fourth-order valence-electron chi connectivity index (χ4n) is 6.55. The second-order valence-electron chi connectivity index (χ2n) is 19.0. The summed E-state index contributed by atoms with van der Waals surface area (Å²) in [7, 11) is 0. The molecule has 3 N–H and O–H groups in total. The lowest BCUT2D eigenvalue weighted by atomic mass is 9.97. The molecule has 69 heavy (non-hydrogen) atoms. The Morgan fingerprint density at radius 1 is 0.623 bits per heavy atom. The number of alkyl carbamates (subject to hydrolysis) is 1. The minimum absolute atomic E-state index is 0.0942. The molecule has 0 aliphatic rings. The first-order valence-electron chi connectivity index (χ1n) is 21.8. The Hall–Kier alpha value is -5.68. The zero-order valence-electron chi connectivity index (χ0n) is 39.9. The van der Waals surface area contributed by atoms with Gasteiger partial charge in [0, 0.05) is 60.6 Å². The fourth-order valence-corrected chi connectivity index (χ4v) is 7.35. The topological polar surface area (TPSA) is 174 Å². The molecule has 0 bridgehead atoms. The first-order valence-corrected chi connectivity index (χ1v) is 23.7. The smallest absolute Gasteiger partial charge is 0.407 e. The van der Waals surface area contributed by atoms with Crippen molar-refractivity contribution < 1.29 is 9.53 Å². The average molecular weight is 1030 g/mol. The van der Waals surface area contributed by atoms with E-state index in [0.29, 0.717) is 55.6 Å². The molecule has 1 amide bonds. The number of rotatable bonds is 10. The van der Waals surface area contributed by atoms with E-state index in [9.17, 15) is 4.79 Å². The van der Waals surface area contributed by atoms with Crippen molar-refractivity contribution in [1.29, 1.82) is 0 Å². The predicted octanol–water partition coefficient (Wildman–Crippen LogP) is 12.7. The van der Waals surface area contributed by atoms with Crippen molar-refractivity contribution in [1.82, 2.24) is 59.8 Å². The van der Waals surface area contributed by atoms with Gasteiger partial charge in [-0.2, -0.15) is 0 Å². The van der Waals surface area contributed by atoms with Gasteiger partial charge in [-0.3, -0.25) is 18.8 Å². The number of nitrogens with zero attached hydrogens (tertiary/aromatic N) is 10. The molecule has 0 unspecified atom stereocenters. The monoisotopic (exact) mass is 1030 g/mol. The van der Waals surface area contributed by atoms with Gasteiger partial charge in [0.05, 0.1) is 42.6 Å². The van der Waals surface area contributed by atoms with Gasteiger partial charge in [0.2, 0.25) is 11.2 Å². The third-order valence-corrected chi connectivity index (χ3v) is 11.5. The molecule has 20 heteroatoms. The molecule has 0 saturated heterocycles. The molecule has 0 fully saturated rings. The summed E-state index contributed by atoms with van der Waals surface area (Å²) in [5.74, 6) is 0.649. The SMILES string of the molecule is CC(C)(C)CNC(=O)OC(C)(C)C.CC(C)NCC(C)(C)Nc1nc(-c2ccncc2)c(-c2ccc(Cl)c(Cl)c2)c2nncn12.Clc1ccc(-c2c(-c3ccncc3)nc(Cl)n3cnnc23)cc1Cl. The Balaban J connectivity index is 0.000000186. The largest absolute Gasteiger partial charge is 0.444 e. The van der Waals surface area contributed by atoms with E-state index in [0.717, 1.165) is 45.6 Å². The van der Waals surface area contributed by atoms with E-state index in [-0.39, 0.29) is 22.3 Å². The van der Waals surface area contributed by atoms with Gasteiger partial charge in [0.15, 0.2) is 11.3 Å². The van der Waals surface area contributed by atoms with E-state index < -0.39 is 5.60 Å². The highest BCUT2D eigenvalue weighted by atomic mass is 35.5. The zero-order valence-corrected chi connectivity index (χ0v) is 43.7. The molecule has 6 aromatic heterocycles. The number of hydrogen-bond acceptors (Lipinski definition) is 12. The van der Waals surface area contributed by atoms with E-state index in [2.05, 4.69) is 99.8 Å². The van der Waals surface area contributed by atoms with Crippen molar-refractivity contribution in [2.24, 2.45) is 5.41 Å². The van der Waals surface area contributed by atoms with Gasteiger partial charge in [-0.25, -0.2) is 14.8 Å². The number of nitrogens with one attached hydrogen (secondary N) is 3. The van der Waals surface area contributed by atoms with E-state index in [1.807, 2.05) is 67.6 Å². The Labute approximate surface area is 426 Å². The highest BCUT2D eigenvalue weighted by Crippen LogP contribution is 2.39. The maximum absolute atomic E-state index is 11.2. The zero-order chi connectivity index (χ0) is 50.3. The molecule has 0 aliphatic carbocycles. The third kappa shape index (κ3) is 14.2. The molecule has 8 rings (SSSR count). The molecule has 0 spiro atoms. The second kappa shape index (κ2) is 22.4. The van der Waals surface area contributed by atoms with Crippen molar-refractivity contribution in [2.75, 3.05) is 18.4 Å². The predicted molar refractivity (Wildman–Crippen MR) is 278 cm³/mol. The lowest BCUT2D eigenvalue weighted by molar-refractivity contribution is 0.0509. The van der Waals surface area contributed by atoms with E-state index in [4.69, 9.17) is 67.7 Å². The van der Waals surface area contributed by atoms with Gasteiger partial charge < -0.3 is 20.7 Å². The quantitative estimate of drug-likeness (QED) is 0.111. The number of pyridine rings is 2. The van der Waals surface area contributed by atoms with Crippen LogP contribution in [-0.4, -0.2) is 85.5 Å². The van der Waals surface area contributed by atoms with Crippen LogP contribution >= 0.6 is 58.0 Å². The highest BCUT2D eigenvalue weighted by Gasteiger charge is 2.25. The number of hydrogen-bond donors (Lipinski definition) is 3. The fraction of sp³-hybridized carbons (Fsp3) is 0.327. The van der Waals surface area contributed by atoms with E-state index >= 15 is 0 Å². The van der Waals surface area contributed by atoms with Gasteiger partial charge in [0.25, 0.3) is 0 Å². The van der Waals surface area contributed by atoms with Crippen LogP contribution in [0.4, 0.5) is 10.7 Å². The number of benzene rings is 2. The number of carbonyl (C=O) groups is 1. The minimum Gasteiger partial charge on any atom is -0.444 e. The summed E-state index contributed by atoms with van der Waals surface area (Å²) in [6, 6.07) is 18.8. The molecular weight excluding hydrogens is 980 g/mol. The van der Waals surface area contributed by atoms with Crippen LogP contribution in [-0.2, 0) is 4.74 Å². The summed E-state index contributed by atoms with van der Waals surface area (Å²) in [5.41, 5.74) is 7.10. The summed E-state index contributed by atoms with van der Waals surface area (Å²) in [4.78, 5) is 28.9. The summed E-state index contributed by atoms with van der Waals surface area (Å²) in [6.07, 6.45) is 9.70. The standard InChI is InChI=1S/C23H25Cl2N7.C16H8Cl3N5.C10H21NO2/c1-14(2)27-12-23(3,4)30-22-29-20(15-7-9-26-10-8-15)19(21-31-28-13-32(21)22)16-5-6-17(24)18(25)11-16;17-11-2-1-10(7-12(11)18)13-14(9-3-5-20-6-4-9)22-16(19)24-8-21-23-15(13)24;1-9(2,3)7-11-8(12)13-10(4,5)6/h5-11,13-14,27H,12H2,1-4H3,(H,29,30);1-8H;7H2,1-6H3,(H,11,12). The van der Waals surface area contributed by atoms with Crippen LogP contribution in [0.5, 0.6) is 0 Å². The number of carbonyl (C=O) groups excluding carboxylic acids is 1. The number of anilines is 1. The molecule has 2 aromatic carbocycles. The van der Waals surface area contributed by atoms with Crippen LogP contribution < -0.4 is 16.0 Å². The van der Waals surface area contributed by atoms with Gasteiger partial charge in [-0.05, 0) is 111 Å². The molecule has 15 nitrogen and oxygen atoms in total. The molecule has 362 valence electrons. The maximum atomic E-state index is 11.2. The Kier molecular flexibility index (Phi) is 17.1. The Morgan fingerprint density at radius 2 is 1.10 bits per heavy atom. The molecule has 0 aliphatic heterocycles. The summed E-state index contributed by atoms with van der Waals surface area (Å²) < 4.78 is 8.56. The van der Waals surface area contributed by atoms with Crippen molar-refractivity contribution in [3.05, 3.63) is 123 Å².